The zero-order valence-corrected chi connectivity index (χ0v) is 19.5. The minimum absolute atomic E-state index is 0.00680. The van der Waals surface area contributed by atoms with E-state index in [0.717, 1.165) is 45.4 Å². The minimum Gasteiger partial charge on any atom is -0.473 e. The van der Waals surface area contributed by atoms with Gasteiger partial charge in [0.05, 0.1) is 6.26 Å². The first-order chi connectivity index (χ1) is 16.9. The molecule has 0 saturated carbocycles. The Labute approximate surface area is 204 Å². The van der Waals surface area contributed by atoms with Crippen LogP contribution in [0.15, 0.2) is 83.5 Å². The third-order valence-electron chi connectivity index (χ3n) is 5.94. The molecule has 184 valence electrons. The fraction of sp³-hybridized carbons (Fsp3) is 0.296. The number of likely N-dealkylation sites (tertiary alicyclic amines) is 1. The number of hydrogen-bond acceptors (Lipinski definition) is 5. The molecule has 2 heterocycles. The number of hydrogen-bond donors (Lipinski definition) is 2. The Hall–Kier alpha value is -3.91. The maximum Gasteiger partial charge on any atom is 0.414 e. The first-order valence-corrected chi connectivity index (χ1v) is 11.5. The normalized spacial score (nSPS) is 13.7. The van der Waals surface area contributed by atoms with Crippen molar-refractivity contribution in [2.75, 3.05) is 19.6 Å². The molecule has 1 amide bonds. The lowest BCUT2D eigenvalue weighted by Gasteiger charge is -2.38. The van der Waals surface area contributed by atoms with Crippen molar-refractivity contribution in [1.82, 2.24) is 9.80 Å². The van der Waals surface area contributed by atoms with Gasteiger partial charge in [-0.1, -0.05) is 60.7 Å². The van der Waals surface area contributed by atoms with Crippen LogP contribution in [-0.2, 0) is 22.6 Å². The molecule has 3 aromatic rings. The van der Waals surface area contributed by atoms with Crippen LogP contribution in [0.1, 0.15) is 34.5 Å². The molecule has 0 unspecified atom stereocenters. The van der Waals surface area contributed by atoms with Gasteiger partial charge in [0.1, 0.15) is 0 Å². The second-order valence-electron chi connectivity index (χ2n) is 8.30. The standard InChI is InChI=1S/C25H28N2O2.C2H2O4/c28-25(24-12-7-19-29-24)26-17-14-23(15-18-26)27(20-22-10-5-2-6-11-22)16-13-21-8-3-1-4-9-21;3-1(4)2(5)6/h1-12,19,23H,13-18,20H2;(H,3,4)(H,5,6). The molecule has 1 fully saturated rings. The Balaban J connectivity index is 0.000000509. The van der Waals surface area contributed by atoms with Crippen LogP contribution >= 0.6 is 0 Å². The summed E-state index contributed by atoms with van der Waals surface area (Å²) in [5.74, 6) is -3.20. The molecule has 4 rings (SSSR count). The summed E-state index contributed by atoms with van der Waals surface area (Å²) < 4.78 is 5.29. The van der Waals surface area contributed by atoms with Crippen molar-refractivity contribution in [3.05, 3.63) is 95.9 Å². The maximum atomic E-state index is 12.6. The average Bonchev–Trinajstić information content (AvgIpc) is 3.43. The van der Waals surface area contributed by atoms with E-state index in [0.29, 0.717) is 11.8 Å². The summed E-state index contributed by atoms with van der Waals surface area (Å²) in [5.41, 5.74) is 2.71. The molecule has 8 heteroatoms. The predicted molar refractivity (Wildman–Crippen MR) is 130 cm³/mol. The van der Waals surface area contributed by atoms with Gasteiger partial charge in [-0.25, -0.2) is 9.59 Å². The quantitative estimate of drug-likeness (QED) is 0.497. The molecule has 0 bridgehead atoms. The van der Waals surface area contributed by atoms with Gasteiger partial charge in [0.15, 0.2) is 5.76 Å². The molecule has 0 spiro atoms. The van der Waals surface area contributed by atoms with Gasteiger partial charge in [-0.3, -0.25) is 9.69 Å². The average molecular weight is 479 g/mol. The molecule has 1 aliphatic heterocycles. The molecule has 1 aromatic heterocycles. The fourth-order valence-corrected chi connectivity index (χ4v) is 4.12. The lowest BCUT2D eigenvalue weighted by atomic mass is 10.0. The van der Waals surface area contributed by atoms with Gasteiger partial charge in [0.2, 0.25) is 0 Å². The molecular formula is C27H30N2O6. The van der Waals surface area contributed by atoms with Gasteiger partial charge in [-0.05, 0) is 42.5 Å². The zero-order valence-electron chi connectivity index (χ0n) is 19.5. The summed E-state index contributed by atoms with van der Waals surface area (Å²) in [5, 5.41) is 14.8. The highest BCUT2D eigenvalue weighted by atomic mass is 16.4. The van der Waals surface area contributed by atoms with E-state index in [1.165, 1.54) is 11.1 Å². The number of carboxylic acid groups (broad SMARTS) is 2. The van der Waals surface area contributed by atoms with E-state index in [4.69, 9.17) is 24.2 Å². The fourth-order valence-electron chi connectivity index (χ4n) is 4.12. The summed E-state index contributed by atoms with van der Waals surface area (Å²) in [6.45, 7) is 3.53. The van der Waals surface area contributed by atoms with E-state index in [9.17, 15) is 4.79 Å². The number of carbonyl (C=O) groups excluding carboxylic acids is 1. The van der Waals surface area contributed by atoms with Gasteiger partial charge < -0.3 is 19.5 Å². The third-order valence-corrected chi connectivity index (χ3v) is 5.94. The number of amides is 1. The van der Waals surface area contributed by atoms with E-state index < -0.39 is 11.9 Å². The molecule has 1 saturated heterocycles. The number of nitrogens with zero attached hydrogens (tertiary/aromatic N) is 2. The van der Waals surface area contributed by atoms with Crippen molar-refractivity contribution in [1.29, 1.82) is 0 Å². The SMILES string of the molecule is O=C(O)C(=O)O.O=C(c1ccco1)N1CCC(N(CCc2ccccc2)Cc2ccccc2)CC1. The summed E-state index contributed by atoms with van der Waals surface area (Å²) in [7, 11) is 0. The maximum absolute atomic E-state index is 12.6. The van der Waals surface area contributed by atoms with Crippen molar-refractivity contribution < 1.29 is 29.0 Å². The summed E-state index contributed by atoms with van der Waals surface area (Å²) in [4.78, 5) is 35.3. The van der Waals surface area contributed by atoms with Crippen molar-refractivity contribution in [3.63, 3.8) is 0 Å². The Morgan fingerprint density at radius 2 is 1.40 bits per heavy atom. The number of rotatable bonds is 7. The molecule has 1 aliphatic rings. The van der Waals surface area contributed by atoms with Crippen LogP contribution in [0.3, 0.4) is 0 Å². The van der Waals surface area contributed by atoms with E-state index in [2.05, 4.69) is 65.6 Å². The zero-order chi connectivity index (χ0) is 25.0. The van der Waals surface area contributed by atoms with Crippen LogP contribution < -0.4 is 0 Å². The highest BCUT2D eigenvalue weighted by molar-refractivity contribution is 6.27. The van der Waals surface area contributed by atoms with Crippen LogP contribution in [0.25, 0.3) is 0 Å². The van der Waals surface area contributed by atoms with Gasteiger partial charge in [-0.2, -0.15) is 0 Å². The Bertz CT molecular complexity index is 1050. The van der Waals surface area contributed by atoms with Gasteiger partial charge in [0.25, 0.3) is 5.91 Å². The molecule has 35 heavy (non-hydrogen) atoms. The third kappa shape index (κ3) is 8.12. The molecule has 8 nitrogen and oxygen atoms in total. The van der Waals surface area contributed by atoms with E-state index in [1.807, 2.05) is 4.90 Å². The number of piperidine rings is 1. The monoisotopic (exact) mass is 478 g/mol. The smallest absolute Gasteiger partial charge is 0.414 e. The van der Waals surface area contributed by atoms with Crippen LogP contribution in [0.5, 0.6) is 0 Å². The minimum atomic E-state index is -1.82. The number of carbonyl (C=O) groups is 3. The molecular weight excluding hydrogens is 448 g/mol. The molecule has 2 N–H and O–H groups in total. The van der Waals surface area contributed by atoms with Gasteiger partial charge >= 0.3 is 11.9 Å². The number of furan rings is 1. The summed E-state index contributed by atoms with van der Waals surface area (Å²) in [6, 6.07) is 25.4. The van der Waals surface area contributed by atoms with Crippen molar-refractivity contribution in [2.45, 2.75) is 31.8 Å². The van der Waals surface area contributed by atoms with E-state index in [1.54, 1.807) is 18.4 Å². The van der Waals surface area contributed by atoms with Crippen molar-refractivity contribution >= 4 is 17.8 Å². The van der Waals surface area contributed by atoms with E-state index in [-0.39, 0.29) is 5.91 Å². The number of benzene rings is 2. The molecule has 0 aliphatic carbocycles. The number of aliphatic carboxylic acids is 2. The topological polar surface area (TPSA) is 111 Å². The lowest BCUT2D eigenvalue weighted by molar-refractivity contribution is -0.159. The first kappa shape index (κ1) is 25.7. The summed E-state index contributed by atoms with van der Waals surface area (Å²) in [6.07, 6.45) is 4.59. The highest BCUT2D eigenvalue weighted by Crippen LogP contribution is 2.21. The lowest BCUT2D eigenvalue weighted by Crippen LogP contribution is -2.47. The predicted octanol–water partition coefficient (Wildman–Crippen LogP) is 3.78. The van der Waals surface area contributed by atoms with Gasteiger partial charge in [-0.15, -0.1) is 0 Å². The Morgan fingerprint density at radius 1 is 0.829 bits per heavy atom. The molecule has 2 aromatic carbocycles. The van der Waals surface area contributed by atoms with Crippen LogP contribution in [-0.4, -0.2) is 63.5 Å². The van der Waals surface area contributed by atoms with Gasteiger partial charge in [0, 0.05) is 32.2 Å². The first-order valence-electron chi connectivity index (χ1n) is 11.5. The van der Waals surface area contributed by atoms with Crippen molar-refractivity contribution in [3.8, 4) is 0 Å². The molecule has 0 atom stereocenters. The molecule has 0 radical (unpaired) electrons. The van der Waals surface area contributed by atoms with Crippen LogP contribution in [0.2, 0.25) is 0 Å². The Morgan fingerprint density at radius 3 is 1.91 bits per heavy atom. The van der Waals surface area contributed by atoms with Crippen LogP contribution in [0.4, 0.5) is 0 Å². The Kier molecular flexibility index (Phi) is 9.62. The second kappa shape index (κ2) is 13.1. The largest absolute Gasteiger partial charge is 0.473 e. The van der Waals surface area contributed by atoms with Crippen LogP contribution in [0, 0.1) is 0 Å². The highest BCUT2D eigenvalue weighted by Gasteiger charge is 2.28. The second-order valence-corrected chi connectivity index (χ2v) is 8.30. The van der Waals surface area contributed by atoms with E-state index >= 15 is 0 Å². The number of carboxylic acids is 2. The summed E-state index contributed by atoms with van der Waals surface area (Å²) >= 11 is 0. The van der Waals surface area contributed by atoms with Crippen molar-refractivity contribution in [2.24, 2.45) is 0 Å².